The highest BCUT2D eigenvalue weighted by Crippen LogP contribution is 2.36. The molecule has 0 fully saturated rings. The molecule has 162 valence electrons. The third-order valence-electron chi connectivity index (χ3n) is 5.48. The zero-order valence-electron chi connectivity index (χ0n) is 17.4. The van der Waals surface area contributed by atoms with Crippen molar-refractivity contribution in [3.63, 3.8) is 0 Å². The van der Waals surface area contributed by atoms with Gasteiger partial charge in [0.25, 0.3) is 5.56 Å². The number of nitrogens with zero attached hydrogens (tertiary/aromatic N) is 2. The molecule has 0 radical (unpaired) electrons. The molecule has 2 aromatic heterocycles. The molecule has 7 nitrogen and oxygen atoms in total. The zero-order chi connectivity index (χ0) is 22.1. The van der Waals surface area contributed by atoms with Gasteiger partial charge in [-0.3, -0.25) is 19.0 Å². The van der Waals surface area contributed by atoms with Crippen LogP contribution >= 0.6 is 23.1 Å². The number of hydrogen-bond donors (Lipinski definition) is 2. The Hall–Kier alpha value is -2.65. The van der Waals surface area contributed by atoms with Crippen molar-refractivity contribution in [2.45, 2.75) is 44.8 Å². The van der Waals surface area contributed by atoms with Gasteiger partial charge in [-0.05, 0) is 61.9 Å². The van der Waals surface area contributed by atoms with Crippen LogP contribution in [0, 0.1) is 5.92 Å². The van der Waals surface area contributed by atoms with Crippen LogP contribution in [0.15, 0.2) is 34.2 Å². The van der Waals surface area contributed by atoms with Crippen molar-refractivity contribution in [2.75, 3.05) is 11.1 Å². The minimum absolute atomic E-state index is 0.00972. The monoisotopic (exact) mass is 456 g/mol. The molecular weight excluding hydrogens is 432 g/mol. The molecular formula is C22H24N4O3S2. The number of amides is 2. The van der Waals surface area contributed by atoms with Crippen molar-refractivity contribution in [3.05, 3.63) is 50.6 Å². The van der Waals surface area contributed by atoms with Crippen LogP contribution in [0.5, 0.6) is 0 Å². The Labute approximate surface area is 188 Å². The maximum absolute atomic E-state index is 13.2. The summed E-state index contributed by atoms with van der Waals surface area (Å²) in [5, 5.41) is 4.11. The van der Waals surface area contributed by atoms with E-state index in [0.717, 1.165) is 29.5 Å². The van der Waals surface area contributed by atoms with E-state index in [1.165, 1.54) is 22.2 Å². The molecule has 1 aromatic carbocycles. The fourth-order valence-corrected chi connectivity index (χ4v) is 6.13. The van der Waals surface area contributed by atoms with Crippen LogP contribution in [0.2, 0.25) is 0 Å². The molecule has 3 N–H and O–H groups in total. The lowest BCUT2D eigenvalue weighted by Gasteiger charge is -2.17. The molecule has 4 rings (SSSR count). The second-order valence-electron chi connectivity index (χ2n) is 7.75. The Morgan fingerprint density at radius 2 is 2.06 bits per heavy atom. The van der Waals surface area contributed by atoms with Crippen molar-refractivity contribution < 1.29 is 9.59 Å². The largest absolute Gasteiger partial charge is 0.366 e. The summed E-state index contributed by atoms with van der Waals surface area (Å²) in [4.78, 5) is 43.6. The third kappa shape index (κ3) is 4.38. The molecule has 31 heavy (non-hydrogen) atoms. The Morgan fingerprint density at radius 3 is 2.74 bits per heavy atom. The van der Waals surface area contributed by atoms with E-state index in [-0.39, 0.29) is 17.2 Å². The van der Waals surface area contributed by atoms with Crippen molar-refractivity contribution in [2.24, 2.45) is 11.7 Å². The number of nitrogens with one attached hydrogen (secondary N) is 1. The number of benzene rings is 1. The molecule has 9 heteroatoms. The van der Waals surface area contributed by atoms with Crippen LogP contribution in [0.4, 0.5) is 5.69 Å². The SMILES string of the molecule is CCn1c(SCC(=O)Nc2ccc(C(N)=O)cc2)nc2sc3c(c2c1=O)CCC(C)C3. The number of anilines is 1. The number of thiophene rings is 1. The molecule has 0 saturated heterocycles. The van der Waals surface area contributed by atoms with E-state index in [1.807, 2.05) is 6.92 Å². The topological polar surface area (TPSA) is 107 Å². The van der Waals surface area contributed by atoms with Crippen molar-refractivity contribution in [1.82, 2.24) is 9.55 Å². The maximum Gasteiger partial charge on any atom is 0.263 e. The average molecular weight is 457 g/mol. The van der Waals surface area contributed by atoms with E-state index < -0.39 is 5.91 Å². The minimum atomic E-state index is -0.517. The van der Waals surface area contributed by atoms with Gasteiger partial charge in [0.15, 0.2) is 5.16 Å². The van der Waals surface area contributed by atoms with E-state index >= 15 is 0 Å². The van der Waals surface area contributed by atoms with Gasteiger partial charge in [0.2, 0.25) is 11.8 Å². The van der Waals surface area contributed by atoms with Crippen LogP contribution in [-0.2, 0) is 24.2 Å². The number of aryl methyl sites for hydroxylation is 1. The first-order valence-corrected chi connectivity index (χ1v) is 12.0. The normalized spacial score (nSPS) is 15.6. The molecule has 2 heterocycles. The first kappa shape index (κ1) is 21.6. The van der Waals surface area contributed by atoms with Crippen molar-refractivity contribution >= 4 is 50.8 Å². The fraction of sp³-hybridized carbons (Fsp3) is 0.364. The predicted molar refractivity (Wildman–Crippen MR) is 125 cm³/mol. The van der Waals surface area contributed by atoms with Crippen LogP contribution in [0.25, 0.3) is 10.2 Å². The number of aromatic nitrogens is 2. The number of thioether (sulfide) groups is 1. The number of fused-ring (bicyclic) bond motifs is 3. The van der Waals surface area contributed by atoms with Gasteiger partial charge >= 0.3 is 0 Å². The van der Waals surface area contributed by atoms with Gasteiger partial charge in [-0.25, -0.2) is 4.98 Å². The molecule has 2 amide bonds. The lowest BCUT2D eigenvalue weighted by molar-refractivity contribution is -0.113. The number of carbonyl (C=O) groups excluding carboxylic acids is 2. The van der Waals surface area contributed by atoms with Gasteiger partial charge in [-0.1, -0.05) is 18.7 Å². The first-order valence-electron chi connectivity index (χ1n) is 10.2. The second-order valence-corrected chi connectivity index (χ2v) is 9.78. The summed E-state index contributed by atoms with van der Waals surface area (Å²) >= 11 is 2.87. The van der Waals surface area contributed by atoms with E-state index in [4.69, 9.17) is 10.7 Å². The number of carbonyl (C=O) groups is 2. The highest BCUT2D eigenvalue weighted by atomic mass is 32.2. The Kier molecular flexibility index (Phi) is 6.15. The van der Waals surface area contributed by atoms with Crippen LogP contribution in [0.1, 0.15) is 41.1 Å². The molecule has 0 aliphatic heterocycles. The Morgan fingerprint density at radius 1 is 1.32 bits per heavy atom. The number of nitrogens with two attached hydrogens (primary N) is 1. The summed E-state index contributed by atoms with van der Waals surface area (Å²) in [5.74, 6) is 0.0197. The van der Waals surface area contributed by atoms with E-state index in [0.29, 0.717) is 28.9 Å². The summed E-state index contributed by atoms with van der Waals surface area (Å²) in [6.07, 6.45) is 3.03. The molecule has 1 aliphatic rings. The zero-order valence-corrected chi connectivity index (χ0v) is 19.1. The summed E-state index contributed by atoms with van der Waals surface area (Å²) < 4.78 is 1.66. The molecule has 1 aliphatic carbocycles. The van der Waals surface area contributed by atoms with Crippen LogP contribution in [-0.4, -0.2) is 27.1 Å². The lowest BCUT2D eigenvalue weighted by Crippen LogP contribution is -2.24. The quantitative estimate of drug-likeness (QED) is 0.436. The van der Waals surface area contributed by atoms with Crippen molar-refractivity contribution in [1.29, 1.82) is 0 Å². The molecule has 3 aromatic rings. The van der Waals surface area contributed by atoms with Crippen molar-refractivity contribution in [3.8, 4) is 0 Å². The van der Waals surface area contributed by atoms with Crippen LogP contribution < -0.4 is 16.6 Å². The maximum atomic E-state index is 13.2. The molecule has 0 saturated carbocycles. The summed E-state index contributed by atoms with van der Waals surface area (Å²) in [7, 11) is 0. The number of hydrogen-bond acceptors (Lipinski definition) is 6. The first-order chi connectivity index (χ1) is 14.9. The highest BCUT2D eigenvalue weighted by molar-refractivity contribution is 7.99. The second kappa shape index (κ2) is 8.84. The van der Waals surface area contributed by atoms with Gasteiger partial charge in [0.05, 0.1) is 11.1 Å². The third-order valence-corrected chi connectivity index (χ3v) is 7.61. The van der Waals surface area contributed by atoms with E-state index in [2.05, 4.69) is 12.2 Å². The van der Waals surface area contributed by atoms with E-state index in [9.17, 15) is 14.4 Å². The molecule has 1 unspecified atom stereocenters. The molecule has 1 atom stereocenters. The standard InChI is InChI=1S/C22H24N4O3S2/c1-3-26-21(29)18-15-9-4-12(2)10-16(15)31-20(18)25-22(26)30-11-17(27)24-14-7-5-13(6-8-14)19(23)28/h5-8,12H,3-4,9-11H2,1-2H3,(H2,23,28)(H,24,27). The smallest absolute Gasteiger partial charge is 0.263 e. The predicted octanol–water partition coefficient (Wildman–Crippen LogP) is 3.43. The number of primary amides is 1. The summed E-state index contributed by atoms with van der Waals surface area (Å²) in [6.45, 7) is 4.66. The fourth-order valence-electron chi connectivity index (χ4n) is 3.84. The van der Waals surface area contributed by atoms with Gasteiger partial charge in [0, 0.05) is 22.7 Å². The Balaban J connectivity index is 1.53. The average Bonchev–Trinajstić information content (AvgIpc) is 3.10. The molecule has 0 spiro atoms. The van der Waals surface area contributed by atoms with Gasteiger partial charge in [-0.15, -0.1) is 11.3 Å². The summed E-state index contributed by atoms with van der Waals surface area (Å²) in [5.41, 5.74) is 7.35. The van der Waals surface area contributed by atoms with Gasteiger partial charge in [0.1, 0.15) is 4.83 Å². The molecule has 0 bridgehead atoms. The highest BCUT2D eigenvalue weighted by Gasteiger charge is 2.24. The lowest BCUT2D eigenvalue weighted by atomic mass is 9.89. The van der Waals surface area contributed by atoms with Gasteiger partial charge in [-0.2, -0.15) is 0 Å². The van der Waals surface area contributed by atoms with E-state index in [1.54, 1.807) is 40.2 Å². The number of rotatable bonds is 6. The minimum Gasteiger partial charge on any atom is -0.366 e. The van der Waals surface area contributed by atoms with Gasteiger partial charge < -0.3 is 11.1 Å². The Bertz CT molecular complexity index is 1210. The van der Waals surface area contributed by atoms with Crippen LogP contribution in [0.3, 0.4) is 0 Å². The summed E-state index contributed by atoms with van der Waals surface area (Å²) in [6, 6.07) is 6.39.